The minimum atomic E-state index is -0.501. The van der Waals surface area contributed by atoms with Gasteiger partial charge in [0.15, 0.2) is 5.82 Å². The Labute approximate surface area is 209 Å². The molecule has 1 saturated heterocycles. The molecular weight excluding hydrogens is 458 g/mol. The van der Waals surface area contributed by atoms with E-state index in [-0.39, 0.29) is 6.04 Å². The SMILES string of the molecule is Cc1nc2c(F)cc(-c3cc(Cc4ncc(CN5C[C@@H]6C(C)[C@@H]6C5)cn4)ncc3F)cc2n1C(C)C. The maximum atomic E-state index is 15.0. The Balaban J connectivity index is 1.23. The highest BCUT2D eigenvalue weighted by molar-refractivity contribution is 5.83. The number of aryl methyl sites for hydroxylation is 1. The fourth-order valence-corrected chi connectivity index (χ4v) is 5.89. The molecule has 6 rings (SSSR count). The van der Waals surface area contributed by atoms with Crippen LogP contribution in [0, 0.1) is 36.3 Å². The largest absolute Gasteiger partial charge is 0.326 e. The number of hydrogen-bond donors (Lipinski definition) is 0. The van der Waals surface area contributed by atoms with Crippen molar-refractivity contribution in [2.45, 2.75) is 46.7 Å². The topological polar surface area (TPSA) is 59.7 Å². The van der Waals surface area contributed by atoms with E-state index >= 15 is 0 Å². The minimum Gasteiger partial charge on any atom is -0.326 e. The summed E-state index contributed by atoms with van der Waals surface area (Å²) in [4.78, 5) is 20.2. The predicted octanol–water partition coefficient (Wildman–Crippen LogP) is 5.34. The monoisotopic (exact) mass is 488 g/mol. The van der Waals surface area contributed by atoms with Gasteiger partial charge in [-0.15, -0.1) is 0 Å². The van der Waals surface area contributed by atoms with Crippen LogP contribution in [0.3, 0.4) is 0 Å². The van der Waals surface area contributed by atoms with Crippen LogP contribution in [0.15, 0.2) is 36.8 Å². The van der Waals surface area contributed by atoms with Crippen molar-refractivity contribution < 1.29 is 8.78 Å². The lowest BCUT2D eigenvalue weighted by molar-refractivity contribution is 0.281. The Kier molecular flexibility index (Phi) is 5.59. The van der Waals surface area contributed by atoms with Gasteiger partial charge in [0.25, 0.3) is 0 Å². The van der Waals surface area contributed by atoms with Crippen molar-refractivity contribution in [1.29, 1.82) is 0 Å². The molecule has 1 saturated carbocycles. The van der Waals surface area contributed by atoms with Crippen LogP contribution in [-0.4, -0.2) is 42.5 Å². The van der Waals surface area contributed by atoms with Gasteiger partial charge < -0.3 is 4.57 Å². The third-order valence-electron chi connectivity index (χ3n) is 7.87. The van der Waals surface area contributed by atoms with E-state index in [0.717, 1.165) is 35.7 Å². The summed E-state index contributed by atoms with van der Waals surface area (Å²) in [5.74, 6) is 3.00. The van der Waals surface area contributed by atoms with E-state index in [1.54, 1.807) is 12.1 Å². The van der Waals surface area contributed by atoms with Crippen molar-refractivity contribution in [2.75, 3.05) is 13.1 Å². The van der Waals surface area contributed by atoms with E-state index in [1.807, 2.05) is 37.7 Å². The molecule has 2 fully saturated rings. The molecule has 0 N–H and O–H groups in total. The van der Waals surface area contributed by atoms with Crippen LogP contribution in [-0.2, 0) is 13.0 Å². The molecule has 2 aliphatic rings. The van der Waals surface area contributed by atoms with E-state index in [2.05, 4.69) is 31.8 Å². The first-order chi connectivity index (χ1) is 17.3. The van der Waals surface area contributed by atoms with Crippen molar-refractivity contribution in [2.24, 2.45) is 17.8 Å². The number of fused-ring (bicyclic) bond motifs is 2. The summed E-state index contributed by atoms with van der Waals surface area (Å²) < 4.78 is 31.8. The number of pyridine rings is 1. The average Bonchev–Trinajstić information content (AvgIpc) is 3.15. The van der Waals surface area contributed by atoms with Gasteiger partial charge in [0.05, 0.1) is 18.1 Å². The Hall–Kier alpha value is -3.26. The number of aromatic nitrogens is 5. The van der Waals surface area contributed by atoms with Crippen molar-refractivity contribution in [3.8, 4) is 11.1 Å². The molecule has 1 unspecified atom stereocenters. The standard InChI is InChI=1S/C28H30F2N6/c1-15(2)36-17(4)34-28-24(29)5-19(6-26(28)36)21-7-20(31-11-25(21)30)8-27-32-9-18(10-33-27)12-35-13-22-16(3)23(22)14-35/h5-7,9-11,15-16,22-23H,8,12-14H2,1-4H3/t16?,22-,23+. The lowest BCUT2D eigenvalue weighted by Gasteiger charge is -2.18. The first kappa shape index (κ1) is 23.2. The second kappa shape index (κ2) is 8.69. The van der Waals surface area contributed by atoms with Gasteiger partial charge in [0.2, 0.25) is 0 Å². The third kappa shape index (κ3) is 4.07. The molecule has 1 aliphatic carbocycles. The number of halogens is 2. The van der Waals surface area contributed by atoms with Gasteiger partial charge in [-0.3, -0.25) is 9.88 Å². The van der Waals surface area contributed by atoms with Gasteiger partial charge in [-0.25, -0.2) is 23.7 Å². The number of imidazole rings is 1. The molecule has 3 atom stereocenters. The van der Waals surface area contributed by atoms with Gasteiger partial charge in [0.1, 0.15) is 23.0 Å². The second-order valence-corrected chi connectivity index (χ2v) is 10.7. The molecular formula is C28H30F2N6. The summed E-state index contributed by atoms with van der Waals surface area (Å²) in [6.07, 6.45) is 5.30. The molecule has 0 spiro atoms. The van der Waals surface area contributed by atoms with Gasteiger partial charge in [0, 0.05) is 54.9 Å². The lowest BCUT2D eigenvalue weighted by atomic mass is 10.0. The molecule has 36 heavy (non-hydrogen) atoms. The number of likely N-dealkylation sites (tertiary alicyclic amines) is 1. The molecule has 4 heterocycles. The molecule has 1 aromatic carbocycles. The zero-order chi connectivity index (χ0) is 25.1. The number of piperidine rings is 1. The molecule has 0 radical (unpaired) electrons. The first-order valence-electron chi connectivity index (χ1n) is 12.6. The van der Waals surface area contributed by atoms with E-state index in [0.29, 0.717) is 40.1 Å². The summed E-state index contributed by atoms with van der Waals surface area (Å²) in [6.45, 7) is 11.4. The van der Waals surface area contributed by atoms with Crippen LogP contribution >= 0.6 is 0 Å². The first-order valence-corrected chi connectivity index (χ1v) is 12.6. The third-order valence-corrected chi connectivity index (χ3v) is 7.87. The van der Waals surface area contributed by atoms with Crippen molar-refractivity contribution in [3.05, 3.63) is 71.3 Å². The molecule has 6 nitrogen and oxygen atoms in total. The Bertz CT molecular complexity index is 1430. The van der Waals surface area contributed by atoms with E-state index < -0.39 is 11.6 Å². The maximum Gasteiger partial charge on any atom is 0.151 e. The van der Waals surface area contributed by atoms with E-state index in [1.165, 1.54) is 25.4 Å². The average molecular weight is 489 g/mol. The summed E-state index contributed by atoms with van der Waals surface area (Å²) in [7, 11) is 0. The zero-order valence-electron chi connectivity index (χ0n) is 21.0. The van der Waals surface area contributed by atoms with Crippen molar-refractivity contribution in [1.82, 2.24) is 29.4 Å². The molecule has 0 amide bonds. The fraction of sp³-hybridized carbons (Fsp3) is 0.429. The molecule has 1 aliphatic heterocycles. The molecule has 4 aromatic rings. The van der Waals surface area contributed by atoms with Gasteiger partial charge >= 0.3 is 0 Å². The maximum absolute atomic E-state index is 15.0. The Morgan fingerprint density at radius 2 is 1.69 bits per heavy atom. The number of nitrogens with zero attached hydrogens (tertiary/aromatic N) is 6. The lowest BCUT2D eigenvalue weighted by Crippen LogP contribution is -2.23. The Morgan fingerprint density at radius 1 is 0.972 bits per heavy atom. The normalized spacial score (nSPS) is 21.5. The van der Waals surface area contributed by atoms with E-state index in [9.17, 15) is 8.78 Å². The molecule has 186 valence electrons. The minimum absolute atomic E-state index is 0.0994. The van der Waals surface area contributed by atoms with Crippen molar-refractivity contribution >= 4 is 11.0 Å². The van der Waals surface area contributed by atoms with Crippen LogP contribution in [0.1, 0.15) is 49.7 Å². The number of benzene rings is 1. The Morgan fingerprint density at radius 3 is 2.39 bits per heavy atom. The highest BCUT2D eigenvalue weighted by Gasteiger charge is 2.52. The van der Waals surface area contributed by atoms with Crippen LogP contribution in [0.25, 0.3) is 22.2 Å². The van der Waals surface area contributed by atoms with Crippen LogP contribution < -0.4 is 0 Å². The quantitative estimate of drug-likeness (QED) is 0.367. The molecule has 8 heteroatoms. The predicted molar refractivity (Wildman–Crippen MR) is 134 cm³/mol. The second-order valence-electron chi connectivity index (χ2n) is 10.7. The van der Waals surface area contributed by atoms with Gasteiger partial charge in [-0.05, 0) is 62.3 Å². The summed E-state index contributed by atoms with van der Waals surface area (Å²) >= 11 is 0. The number of hydrogen-bond acceptors (Lipinski definition) is 5. The fourth-order valence-electron chi connectivity index (χ4n) is 5.89. The van der Waals surface area contributed by atoms with E-state index in [4.69, 9.17) is 0 Å². The zero-order valence-corrected chi connectivity index (χ0v) is 21.0. The number of rotatable bonds is 6. The summed E-state index contributed by atoms with van der Waals surface area (Å²) in [6, 6.07) is 4.90. The molecule has 0 bridgehead atoms. The smallest absolute Gasteiger partial charge is 0.151 e. The highest BCUT2D eigenvalue weighted by Crippen LogP contribution is 2.51. The summed E-state index contributed by atoms with van der Waals surface area (Å²) in [5.41, 5.74) is 3.43. The summed E-state index contributed by atoms with van der Waals surface area (Å²) in [5, 5.41) is 0. The van der Waals surface area contributed by atoms with Gasteiger partial charge in [-0.2, -0.15) is 0 Å². The van der Waals surface area contributed by atoms with Crippen LogP contribution in [0.5, 0.6) is 0 Å². The highest BCUT2D eigenvalue weighted by atomic mass is 19.1. The van der Waals surface area contributed by atoms with Crippen LogP contribution in [0.4, 0.5) is 8.78 Å². The van der Waals surface area contributed by atoms with Crippen molar-refractivity contribution in [3.63, 3.8) is 0 Å². The molecule has 3 aromatic heterocycles. The van der Waals surface area contributed by atoms with Crippen LogP contribution in [0.2, 0.25) is 0 Å². The van der Waals surface area contributed by atoms with Gasteiger partial charge in [-0.1, -0.05) is 6.92 Å².